The zero-order valence-electron chi connectivity index (χ0n) is 11.8. The molecule has 3 rings (SSSR count). The first-order valence-corrected chi connectivity index (χ1v) is 7.10. The summed E-state index contributed by atoms with van der Waals surface area (Å²) in [7, 11) is 2.11. The van der Waals surface area contributed by atoms with Gasteiger partial charge >= 0.3 is 0 Å². The van der Waals surface area contributed by atoms with Crippen LogP contribution >= 0.6 is 0 Å². The van der Waals surface area contributed by atoms with E-state index in [-0.39, 0.29) is 5.91 Å². The summed E-state index contributed by atoms with van der Waals surface area (Å²) in [5.41, 5.74) is 1.96. The van der Waals surface area contributed by atoms with Crippen molar-refractivity contribution in [2.75, 3.05) is 33.2 Å². The minimum absolute atomic E-state index is 0.184. The van der Waals surface area contributed by atoms with E-state index in [1.165, 1.54) is 0 Å². The summed E-state index contributed by atoms with van der Waals surface area (Å²) < 4.78 is 1.94. The summed E-state index contributed by atoms with van der Waals surface area (Å²) in [5.74, 6) is 0.184. The maximum absolute atomic E-state index is 12.4. The van der Waals surface area contributed by atoms with E-state index < -0.39 is 0 Å². The van der Waals surface area contributed by atoms with E-state index in [2.05, 4.69) is 16.9 Å². The lowest BCUT2D eigenvalue weighted by Gasteiger charge is -2.20. The molecule has 0 N–H and O–H groups in total. The molecule has 1 aliphatic rings. The Balaban J connectivity index is 1.72. The van der Waals surface area contributed by atoms with Gasteiger partial charge in [-0.15, -0.1) is 0 Å². The highest BCUT2D eigenvalue weighted by molar-refractivity contribution is 5.80. The van der Waals surface area contributed by atoms with Crippen LogP contribution < -0.4 is 0 Å². The molecule has 0 bridgehead atoms. The van der Waals surface area contributed by atoms with E-state index >= 15 is 0 Å². The summed E-state index contributed by atoms with van der Waals surface area (Å²) in [6.45, 7) is 4.08. The lowest BCUT2D eigenvalue weighted by atomic mass is 10.3. The average Bonchev–Trinajstić information content (AvgIpc) is 2.72. The van der Waals surface area contributed by atoms with Crippen molar-refractivity contribution in [1.82, 2.24) is 19.4 Å². The SMILES string of the molecule is CN1CCCN(C(=O)Cn2cnc3ccccc32)CC1. The van der Waals surface area contributed by atoms with Gasteiger partial charge in [0, 0.05) is 19.6 Å². The normalized spacial score (nSPS) is 17.4. The molecule has 2 aromatic rings. The largest absolute Gasteiger partial charge is 0.340 e. The van der Waals surface area contributed by atoms with Crippen molar-refractivity contribution in [3.05, 3.63) is 30.6 Å². The van der Waals surface area contributed by atoms with E-state index in [0.717, 1.165) is 43.6 Å². The predicted octanol–water partition coefficient (Wildman–Crippen LogP) is 1.20. The standard InChI is InChI=1S/C15H20N4O/c1-17-7-4-8-18(10-9-17)15(20)11-19-12-16-13-5-2-3-6-14(13)19/h2-3,5-6,12H,4,7-11H2,1H3. The number of hydrogen-bond acceptors (Lipinski definition) is 3. The van der Waals surface area contributed by atoms with E-state index in [4.69, 9.17) is 0 Å². The van der Waals surface area contributed by atoms with Crippen LogP contribution in [0.15, 0.2) is 30.6 Å². The third-order valence-electron chi connectivity index (χ3n) is 3.91. The number of nitrogens with zero attached hydrogens (tertiary/aromatic N) is 4. The second kappa shape index (κ2) is 5.63. The molecule has 5 nitrogen and oxygen atoms in total. The molecule has 0 spiro atoms. The highest BCUT2D eigenvalue weighted by atomic mass is 16.2. The van der Waals surface area contributed by atoms with Gasteiger partial charge in [-0.2, -0.15) is 0 Å². The summed E-state index contributed by atoms with van der Waals surface area (Å²) in [6.07, 6.45) is 2.80. The van der Waals surface area contributed by atoms with E-state index in [9.17, 15) is 4.79 Å². The molecular weight excluding hydrogens is 252 g/mol. The smallest absolute Gasteiger partial charge is 0.242 e. The molecule has 1 saturated heterocycles. The third kappa shape index (κ3) is 2.67. The molecule has 106 valence electrons. The fourth-order valence-electron chi connectivity index (χ4n) is 2.68. The fourth-order valence-corrected chi connectivity index (χ4v) is 2.68. The Morgan fingerprint density at radius 2 is 2.05 bits per heavy atom. The number of carbonyl (C=O) groups is 1. The number of para-hydroxylation sites is 2. The predicted molar refractivity (Wildman–Crippen MR) is 78.4 cm³/mol. The first-order valence-electron chi connectivity index (χ1n) is 7.10. The van der Waals surface area contributed by atoms with Gasteiger partial charge in [0.05, 0.1) is 17.4 Å². The van der Waals surface area contributed by atoms with Gasteiger partial charge in [0.15, 0.2) is 0 Å². The third-order valence-corrected chi connectivity index (χ3v) is 3.91. The first kappa shape index (κ1) is 13.1. The van der Waals surface area contributed by atoms with Gasteiger partial charge < -0.3 is 14.4 Å². The van der Waals surface area contributed by atoms with Gasteiger partial charge in [-0.05, 0) is 32.1 Å². The molecule has 0 radical (unpaired) electrons. The maximum Gasteiger partial charge on any atom is 0.242 e. The van der Waals surface area contributed by atoms with E-state index in [0.29, 0.717) is 6.54 Å². The van der Waals surface area contributed by atoms with Crippen molar-refractivity contribution in [3.63, 3.8) is 0 Å². The second-order valence-electron chi connectivity index (χ2n) is 5.40. The Labute approximate surface area is 118 Å². The lowest BCUT2D eigenvalue weighted by molar-refractivity contribution is -0.131. The van der Waals surface area contributed by atoms with Crippen molar-refractivity contribution in [2.45, 2.75) is 13.0 Å². The number of likely N-dealkylation sites (N-methyl/N-ethyl adjacent to an activating group) is 1. The highest BCUT2D eigenvalue weighted by Crippen LogP contribution is 2.12. The van der Waals surface area contributed by atoms with Crippen LogP contribution in [0.5, 0.6) is 0 Å². The molecule has 0 saturated carbocycles. The number of aromatic nitrogens is 2. The maximum atomic E-state index is 12.4. The fraction of sp³-hybridized carbons (Fsp3) is 0.467. The topological polar surface area (TPSA) is 41.4 Å². The molecule has 1 aromatic heterocycles. The van der Waals surface area contributed by atoms with Gasteiger partial charge in [0.2, 0.25) is 5.91 Å². The van der Waals surface area contributed by atoms with Crippen molar-refractivity contribution < 1.29 is 4.79 Å². The van der Waals surface area contributed by atoms with Crippen molar-refractivity contribution >= 4 is 16.9 Å². The molecule has 1 amide bonds. The molecule has 1 aromatic carbocycles. The van der Waals surface area contributed by atoms with Crippen molar-refractivity contribution in [1.29, 1.82) is 0 Å². The molecule has 0 unspecified atom stereocenters. The number of benzene rings is 1. The van der Waals surface area contributed by atoms with Gasteiger partial charge in [-0.25, -0.2) is 4.98 Å². The summed E-state index contributed by atoms with van der Waals surface area (Å²) >= 11 is 0. The Bertz CT molecular complexity index is 607. The number of imidazole rings is 1. The highest BCUT2D eigenvalue weighted by Gasteiger charge is 2.18. The number of hydrogen-bond donors (Lipinski definition) is 0. The zero-order chi connectivity index (χ0) is 13.9. The number of carbonyl (C=O) groups excluding carboxylic acids is 1. The van der Waals surface area contributed by atoms with Crippen LogP contribution in [0.1, 0.15) is 6.42 Å². The Morgan fingerprint density at radius 3 is 2.95 bits per heavy atom. The Kier molecular flexibility index (Phi) is 3.69. The average molecular weight is 272 g/mol. The summed E-state index contributed by atoms with van der Waals surface area (Å²) in [5, 5.41) is 0. The van der Waals surface area contributed by atoms with Crippen molar-refractivity contribution in [3.8, 4) is 0 Å². The minimum Gasteiger partial charge on any atom is -0.340 e. The van der Waals surface area contributed by atoms with Crippen LogP contribution in [0, 0.1) is 0 Å². The molecule has 1 aliphatic heterocycles. The van der Waals surface area contributed by atoms with Gasteiger partial charge in [0.25, 0.3) is 0 Å². The van der Waals surface area contributed by atoms with Crippen LogP contribution in [0.3, 0.4) is 0 Å². The van der Waals surface area contributed by atoms with Crippen LogP contribution in [-0.4, -0.2) is 58.5 Å². The molecule has 1 fully saturated rings. The molecule has 2 heterocycles. The van der Waals surface area contributed by atoms with Gasteiger partial charge in [-0.3, -0.25) is 4.79 Å². The number of fused-ring (bicyclic) bond motifs is 1. The summed E-state index contributed by atoms with van der Waals surface area (Å²) in [4.78, 5) is 21.0. The Hall–Kier alpha value is -1.88. The zero-order valence-corrected chi connectivity index (χ0v) is 11.8. The number of amides is 1. The van der Waals surface area contributed by atoms with Gasteiger partial charge in [0.1, 0.15) is 6.54 Å². The van der Waals surface area contributed by atoms with Crippen LogP contribution in [0.4, 0.5) is 0 Å². The number of rotatable bonds is 2. The Morgan fingerprint density at radius 1 is 1.20 bits per heavy atom. The molecular formula is C15H20N4O. The minimum atomic E-state index is 0.184. The molecule has 5 heteroatoms. The van der Waals surface area contributed by atoms with Crippen LogP contribution in [0.25, 0.3) is 11.0 Å². The second-order valence-corrected chi connectivity index (χ2v) is 5.40. The van der Waals surface area contributed by atoms with Crippen molar-refractivity contribution in [2.24, 2.45) is 0 Å². The quantitative estimate of drug-likeness (QED) is 0.825. The van der Waals surface area contributed by atoms with Gasteiger partial charge in [-0.1, -0.05) is 12.1 Å². The lowest BCUT2D eigenvalue weighted by Crippen LogP contribution is -2.36. The molecule has 0 atom stereocenters. The first-order chi connectivity index (χ1) is 9.74. The molecule has 0 aliphatic carbocycles. The molecule has 20 heavy (non-hydrogen) atoms. The van der Waals surface area contributed by atoms with E-state index in [1.54, 1.807) is 6.33 Å². The summed E-state index contributed by atoms with van der Waals surface area (Å²) in [6, 6.07) is 7.92. The van der Waals surface area contributed by atoms with Crippen LogP contribution in [0.2, 0.25) is 0 Å². The monoisotopic (exact) mass is 272 g/mol. The van der Waals surface area contributed by atoms with Crippen LogP contribution in [-0.2, 0) is 11.3 Å². The van der Waals surface area contributed by atoms with E-state index in [1.807, 2.05) is 33.7 Å².